The van der Waals surface area contributed by atoms with E-state index in [4.69, 9.17) is 5.11 Å². The molecule has 0 spiro atoms. The van der Waals surface area contributed by atoms with E-state index in [2.05, 4.69) is 15.4 Å². The maximum atomic E-state index is 13.8. The van der Waals surface area contributed by atoms with Gasteiger partial charge < -0.3 is 10.4 Å². The van der Waals surface area contributed by atoms with Gasteiger partial charge in [0, 0.05) is 11.8 Å². The van der Waals surface area contributed by atoms with Crippen LogP contribution in [0.4, 0.5) is 14.6 Å². The normalized spacial score (nSPS) is 12.3. The number of hydrogen-bond acceptors (Lipinski definition) is 4. The van der Waals surface area contributed by atoms with E-state index >= 15 is 0 Å². The molecule has 3 aromatic rings. The van der Waals surface area contributed by atoms with Crippen molar-refractivity contribution in [3.8, 4) is 0 Å². The third-order valence-electron chi connectivity index (χ3n) is 3.39. The summed E-state index contributed by atoms with van der Waals surface area (Å²) < 4.78 is 28.4. The maximum Gasteiger partial charge on any atom is 0.341 e. The van der Waals surface area contributed by atoms with Crippen molar-refractivity contribution in [1.29, 1.82) is 0 Å². The Morgan fingerprint density at radius 3 is 2.87 bits per heavy atom. The zero-order valence-corrected chi connectivity index (χ0v) is 12.0. The van der Waals surface area contributed by atoms with Crippen LogP contribution < -0.4 is 5.32 Å². The fourth-order valence-electron chi connectivity index (χ4n) is 2.25. The Morgan fingerprint density at radius 2 is 2.13 bits per heavy atom. The van der Waals surface area contributed by atoms with Crippen molar-refractivity contribution in [2.75, 3.05) is 5.32 Å². The lowest BCUT2D eigenvalue weighted by Gasteiger charge is -2.16. The number of rotatable bonds is 4. The Morgan fingerprint density at radius 1 is 1.35 bits per heavy atom. The van der Waals surface area contributed by atoms with E-state index in [1.807, 2.05) is 0 Å². The lowest BCUT2D eigenvalue weighted by atomic mass is 10.1. The Bertz CT molecular complexity index is 894. The zero-order chi connectivity index (χ0) is 16.6. The summed E-state index contributed by atoms with van der Waals surface area (Å²) in [4.78, 5) is 15.3. The van der Waals surface area contributed by atoms with Crippen molar-refractivity contribution in [1.82, 2.24) is 14.6 Å². The first-order valence-electron chi connectivity index (χ1n) is 6.75. The second-order valence-electron chi connectivity index (χ2n) is 4.98. The molecule has 1 aromatic carbocycles. The van der Waals surface area contributed by atoms with Crippen LogP contribution in [0.1, 0.15) is 28.9 Å². The van der Waals surface area contributed by atoms with Gasteiger partial charge in [-0.2, -0.15) is 5.10 Å². The summed E-state index contributed by atoms with van der Waals surface area (Å²) in [6.45, 7) is 1.65. The lowest BCUT2D eigenvalue weighted by molar-refractivity contribution is 0.0699. The van der Waals surface area contributed by atoms with E-state index in [1.54, 1.807) is 13.0 Å². The van der Waals surface area contributed by atoms with E-state index in [1.165, 1.54) is 16.9 Å². The molecule has 0 saturated carbocycles. The minimum Gasteiger partial charge on any atom is -0.477 e. The SMILES string of the molecule is C[C@H](Nc1ccn2ncc(C(=O)O)c2n1)c1cc(F)ccc1F. The van der Waals surface area contributed by atoms with Gasteiger partial charge in [0.25, 0.3) is 0 Å². The van der Waals surface area contributed by atoms with Crippen LogP contribution in [0.3, 0.4) is 0 Å². The highest BCUT2D eigenvalue weighted by Gasteiger charge is 2.15. The van der Waals surface area contributed by atoms with Crippen LogP contribution in [0.15, 0.2) is 36.7 Å². The van der Waals surface area contributed by atoms with Crippen molar-refractivity contribution < 1.29 is 18.7 Å². The fraction of sp³-hybridized carbons (Fsp3) is 0.133. The number of benzene rings is 1. The summed E-state index contributed by atoms with van der Waals surface area (Å²) in [5, 5.41) is 15.9. The number of nitrogens with one attached hydrogen (secondary N) is 1. The molecule has 0 aliphatic heterocycles. The average Bonchev–Trinajstić information content (AvgIpc) is 2.93. The van der Waals surface area contributed by atoms with Gasteiger partial charge in [0.05, 0.1) is 12.2 Å². The van der Waals surface area contributed by atoms with Gasteiger partial charge in [-0.15, -0.1) is 0 Å². The summed E-state index contributed by atoms with van der Waals surface area (Å²) in [5.74, 6) is -1.89. The molecule has 0 bridgehead atoms. The van der Waals surface area contributed by atoms with Crippen molar-refractivity contribution in [2.45, 2.75) is 13.0 Å². The van der Waals surface area contributed by atoms with E-state index in [0.29, 0.717) is 5.82 Å². The van der Waals surface area contributed by atoms with Crippen LogP contribution in [0.25, 0.3) is 5.65 Å². The third kappa shape index (κ3) is 2.83. The predicted octanol–water partition coefficient (Wildman–Crippen LogP) is 2.88. The number of anilines is 1. The molecule has 0 amide bonds. The number of fused-ring (bicyclic) bond motifs is 1. The molecule has 0 saturated heterocycles. The van der Waals surface area contributed by atoms with Gasteiger partial charge >= 0.3 is 5.97 Å². The number of nitrogens with zero attached hydrogens (tertiary/aromatic N) is 3. The molecule has 0 unspecified atom stereocenters. The second kappa shape index (κ2) is 5.64. The molecule has 23 heavy (non-hydrogen) atoms. The number of carboxylic acids is 1. The quantitative estimate of drug-likeness (QED) is 0.773. The number of aromatic nitrogens is 3. The molecule has 0 aliphatic rings. The first-order valence-corrected chi connectivity index (χ1v) is 6.75. The summed E-state index contributed by atoms with van der Waals surface area (Å²) in [5.41, 5.74) is 0.270. The van der Waals surface area contributed by atoms with E-state index in [-0.39, 0.29) is 16.8 Å². The van der Waals surface area contributed by atoms with Gasteiger partial charge in [-0.25, -0.2) is 23.1 Å². The molecule has 1 atom stereocenters. The van der Waals surface area contributed by atoms with Gasteiger partial charge in [-0.3, -0.25) is 0 Å². The zero-order valence-electron chi connectivity index (χ0n) is 12.0. The summed E-state index contributed by atoms with van der Waals surface area (Å²) in [6.07, 6.45) is 2.73. The summed E-state index contributed by atoms with van der Waals surface area (Å²) in [7, 11) is 0. The number of aromatic carboxylic acids is 1. The van der Waals surface area contributed by atoms with Crippen molar-refractivity contribution in [3.05, 3.63) is 59.4 Å². The molecule has 2 heterocycles. The molecule has 8 heteroatoms. The average molecular weight is 318 g/mol. The first kappa shape index (κ1) is 14.9. The summed E-state index contributed by atoms with van der Waals surface area (Å²) in [6, 6.07) is 4.21. The molecule has 0 radical (unpaired) electrons. The van der Waals surface area contributed by atoms with Gasteiger partial charge in [-0.05, 0) is 31.2 Å². The van der Waals surface area contributed by atoms with Crippen LogP contribution in [0, 0.1) is 11.6 Å². The monoisotopic (exact) mass is 318 g/mol. The highest BCUT2D eigenvalue weighted by atomic mass is 19.1. The van der Waals surface area contributed by atoms with Crippen LogP contribution in [-0.4, -0.2) is 25.7 Å². The molecule has 0 fully saturated rings. The van der Waals surface area contributed by atoms with E-state index in [9.17, 15) is 13.6 Å². The molecule has 2 aromatic heterocycles. The van der Waals surface area contributed by atoms with Crippen LogP contribution in [0.2, 0.25) is 0 Å². The molecular formula is C15H12F2N4O2. The standard InChI is InChI=1S/C15H12F2N4O2/c1-8(10-6-9(16)2-3-12(10)17)19-13-4-5-21-14(20-13)11(7-18-21)15(22)23/h2-8H,1H3,(H,19,20)(H,22,23)/t8-/m0/s1. The van der Waals surface area contributed by atoms with Crippen molar-refractivity contribution >= 4 is 17.4 Å². The molecular weight excluding hydrogens is 306 g/mol. The third-order valence-corrected chi connectivity index (χ3v) is 3.39. The number of carbonyl (C=O) groups is 1. The van der Waals surface area contributed by atoms with Crippen molar-refractivity contribution in [2.24, 2.45) is 0 Å². The number of hydrogen-bond donors (Lipinski definition) is 2. The molecule has 3 rings (SSSR count). The van der Waals surface area contributed by atoms with Gasteiger partial charge in [-0.1, -0.05) is 0 Å². The van der Waals surface area contributed by atoms with Gasteiger partial charge in [0.1, 0.15) is 23.0 Å². The largest absolute Gasteiger partial charge is 0.477 e. The highest BCUT2D eigenvalue weighted by molar-refractivity contribution is 5.94. The van der Waals surface area contributed by atoms with Gasteiger partial charge in [0.15, 0.2) is 5.65 Å². The fourth-order valence-corrected chi connectivity index (χ4v) is 2.25. The summed E-state index contributed by atoms with van der Waals surface area (Å²) >= 11 is 0. The number of carboxylic acid groups (broad SMARTS) is 1. The first-order chi connectivity index (χ1) is 11.0. The number of halogens is 2. The molecule has 118 valence electrons. The van der Waals surface area contributed by atoms with Crippen LogP contribution in [0.5, 0.6) is 0 Å². The van der Waals surface area contributed by atoms with Crippen molar-refractivity contribution in [3.63, 3.8) is 0 Å². The lowest BCUT2D eigenvalue weighted by Crippen LogP contribution is -2.11. The Kier molecular flexibility index (Phi) is 3.65. The Balaban J connectivity index is 1.93. The Hall–Kier alpha value is -3.03. The maximum absolute atomic E-state index is 13.8. The molecule has 6 nitrogen and oxygen atoms in total. The molecule has 2 N–H and O–H groups in total. The topological polar surface area (TPSA) is 79.5 Å². The smallest absolute Gasteiger partial charge is 0.341 e. The van der Waals surface area contributed by atoms with Crippen LogP contribution >= 0.6 is 0 Å². The molecule has 0 aliphatic carbocycles. The second-order valence-corrected chi connectivity index (χ2v) is 4.98. The predicted molar refractivity (Wildman–Crippen MR) is 78.3 cm³/mol. The van der Waals surface area contributed by atoms with E-state index in [0.717, 1.165) is 18.2 Å². The highest BCUT2D eigenvalue weighted by Crippen LogP contribution is 2.22. The minimum absolute atomic E-state index is 0.0433. The Labute approximate surface area is 129 Å². The van der Waals surface area contributed by atoms with E-state index < -0.39 is 23.6 Å². The van der Waals surface area contributed by atoms with Crippen LogP contribution in [-0.2, 0) is 0 Å². The van der Waals surface area contributed by atoms with Gasteiger partial charge in [0.2, 0.25) is 0 Å². The minimum atomic E-state index is -1.14.